The molecule has 2 aliphatic rings. The molecule has 2 saturated heterocycles. The lowest BCUT2D eigenvalue weighted by Crippen LogP contribution is -2.55. The lowest BCUT2D eigenvalue weighted by molar-refractivity contribution is -0.127. The fourth-order valence-corrected chi connectivity index (χ4v) is 3.26. The van der Waals surface area contributed by atoms with Crippen LogP contribution >= 0.6 is 12.4 Å². The number of hydrogen-bond acceptors (Lipinski definition) is 4. The largest absolute Gasteiger partial charge is 0.459 e. The zero-order chi connectivity index (χ0) is 15.4. The molecule has 1 unspecified atom stereocenters. The standard InChI is InChI=1S/C16H23N3O3.ClH/c20-15(18-12-5-3-8-17-11-12)13-6-1-2-9-19(13)16(21)14-7-4-10-22-14;/h4,7,10,12-13,17H,1-3,5-6,8-9,11H2,(H,18,20);1H/t12-,13?;/m0./s1. The van der Waals surface area contributed by atoms with Crippen molar-refractivity contribution < 1.29 is 14.0 Å². The van der Waals surface area contributed by atoms with Gasteiger partial charge < -0.3 is 20.0 Å². The zero-order valence-corrected chi connectivity index (χ0v) is 13.9. The van der Waals surface area contributed by atoms with Crippen LogP contribution in [0.3, 0.4) is 0 Å². The Hall–Kier alpha value is -1.53. The average Bonchev–Trinajstić information content (AvgIpc) is 3.09. The molecule has 0 aromatic carbocycles. The van der Waals surface area contributed by atoms with Gasteiger partial charge in [0, 0.05) is 19.1 Å². The summed E-state index contributed by atoms with van der Waals surface area (Å²) in [6.45, 7) is 2.43. The highest BCUT2D eigenvalue weighted by Gasteiger charge is 2.34. The summed E-state index contributed by atoms with van der Waals surface area (Å²) in [5.74, 6) is 0.0824. The van der Waals surface area contributed by atoms with Gasteiger partial charge in [-0.1, -0.05) is 0 Å². The molecular weight excluding hydrogens is 318 g/mol. The van der Waals surface area contributed by atoms with Crippen LogP contribution in [0.5, 0.6) is 0 Å². The fraction of sp³-hybridized carbons (Fsp3) is 0.625. The summed E-state index contributed by atoms with van der Waals surface area (Å²) in [4.78, 5) is 26.8. The molecule has 2 fully saturated rings. The molecule has 7 heteroatoms. The summed E-state index contributed by atoms with van der Waals surface area (Å²) in [5.41, 5.74) is 0. The first kappa shape index (κ1) is 17.8. The first-order valence-corrected chi connectivity index (χ1v) is 8.11. The molecule has 0 bridgehead atoms. The predicted octanol–water partition coefficient (Wildman–Crippen LogP) is 1.56. The van der Waals surface area contributed by atoms with Crippen LogP contribution in [-0.4, -0.2) is 48.4 Å². The number of likely N-dealkylation sites (tertiary alicyclic amines) is 1. The first-order chi connectivity index (χ1) is 10.8. The highest BCUT2D eigenvalue weighted by Crippen LogP contribution is 2.20. The second-order valence-electron chi connectivity index (χ2n) is 6.04. The van der Waals surface area contributed by atoms with Crippen molar-refractivity contribution in [2.45, 2.75) is 44.2 Å². The van der Waals surface area contributed by atoms with Crippen LogP contribution in [0.25, 0.3) is 0 Å². The van der Waals surface area contributed by atoms with Crippen LogP contribution in [-0.2, 0) is 4.79 Å². The van der Waals surface area contributed by atoms with Crippen LogP contribution in [0.15, 0.2) is 22.8 Å². The summed E-state index contributed by atoms with van der Waals surface area (Å²) in [5, 5.41) is 6.38. The van der Waals surface area contributed by atoms with E-state index in [9.17, 15) is 9.59 Å². The Morgan fingerprint density at radius 2 is 2.13 bits per heavy atom. The molecule has 23 heavy (non-hydrogen) atoms. The topological polar surface area (TPSA) is 74.6 Å². The minimum Gasteiger partial charge on any atom is -0.459 e. The van der Waals surface area contributed by atoms with Crippen molar-refractivity contribution in [3.63, 3.8) is 0 Å². The van der Waals surface area contributed by atoms with E-state index in [0.717, 1.165) is 45.2 Å². The number of furan rings is 1. The molecule has 0 spiro atoms. The van der Waals surface area contributed by atoms with Crippen LogP contribution in [0, 0.1) is 0 Å². The molecule has 2 atom stereocenters. The molecule has 1 aromatic heterocycles. The maximum atomic E-state index is 12.6. The van der Waals surface area contributed by atoms with Gasteiger partial charge in [-0.05, 0) is 50.8 Å². The first-order valence-electron chi connectivity index (χ1n) is 8.11. The quantitative estimate of drug-likeness (QED) is 0.875. The number of carbonyl (C=O) groups is 2. The Morgan fingerprint density at radius 1 is 1.26 bits per heavy atom. The summed E-state index contributed by atoms with van der Waals surface area (Å²) >= 11 is 0. The smallest absolute Gasteiger partial charge is 0.290 e. The summed E-state index contributed by atoms with van der Waals surface area (Å²) in [7, 11) is 0. The molecule has 6 nitrogen and oxygen atoms in total. The van der Waals surface area contributed by atoms with Gasteiger partial charge in [-0.25, -0.2) is 0 Å². The number of nitrogens with zero attached hydrogens (tertiary/aromatic N) is 1. The highest BCUT2D eigenvalue weighted by atomic mass is 35.5. The van der Waals surface area contributed by atoms with Crippen LogP contribution < -0.4 is 10.6 Å². The predicted molar refractivity (Wildman–Crippen MR) is 88.7 cm³/mol. The molecule has 2 aliphatic heterocycles. The van der Waals surface area contributed by atoms with Gasteiger partial charge in [0.25, 0.3) is 5.91 Å². The van der Waals surface area contributed by atoms with Gasteiger partial charge >= 0.3 is 0 Å². The molecule has 0 saturated carbocycles. The van der Waals surface area contributed by atoms with Gasteiger partial charge in [0.1, 0.15) is 6.04 Å². The molecule has 0 aliphatic carbocycles. The van der Waals surface area contributed by atoms with Gasteiger partial charge in [0.05, 0.1) is 6.26 Å². The monoisotopic (exact) mass is 341 g/mol. The Morgan fingerprint density at radius 3 is 2.83 bits per heavy atom. The Labute approximate surface area is 142 Å². The number of amides is 2. The van der Waals surface area contributed by atoms with E-state index >= 15 is 0 Å². The van der Waals surface area contributed by atoms with Crippen LogP contribution in [0.2, 0.25) is 0 Å². The van der Waals surface area contributed by atoms with E-state index in [0.29, 0.717) is 12.3 Å². The molecule has 1 aromatic rings. The van der Waals surface area contributed by atoms with Crippen molar-refractivity contribution >= 4 is 24.2 Å². The SMILES string of the molecule is Cl.O=C(N[C@H]1CCCNC1)C1CCCCN1C(=O)c1ccco1. The minimum atomic E-state index is -0.381. The van der Waals surface area contributed by atoms with Crippen molar-refractivity contribution in [1.29, 1.82) is 0 Å². The molecule has 3 heterocycles. The van der Waals surface area contributed by atoms with E-state index in [1.807, 2.05) is 0 Å². The Kier molecular flexibility index (Phi) is 6.47. The van der Waals surface area contributed by atoms with Gasteiger partial charge in [-0.3, -0.25) is 9.59 Å². The van der Waals surface area contributed by atoms with E-state index in [2.05, 4.69) is 10.6 Å². The number of nitrogens with one attached hydrogen (secondary N) is 2. The number of rotatable bonds is 3. The van der Waals surface area contributed by atoms with Crippen LogP contribution in [0.1, 0.15) is 42.7 Å². The van der Waals surface area contributed by atoms with E-state index < -0.39 is 0 Å². The highest BCUT2D eigenvalue weighted by molar-refractivity contribution is 5.95. The second-order valence-corrected chi connectivity index (χ2v) is 6.04. The van der Waals surface area contributed by atoms with Crippen molar-refractivity contribution in [3.05, 3.63) is 24.2 Å². The van der Waals surface area contributed by atoms with Gasteiger partial charge in [0.15, 0.2) is 5.76 Å². The number of halogens is 1. The Balaban J connectivity index is 0.00000192. The summed E-state index contributed by atoms with van der Waals surface area (Å²) < 4.78 is 5.19. The van der Waals surface area contributed by atoms with Crippen molar-refractivity contribution in [2.75, 3.05) is 19.6 Å². The van der Waals surface area contributed by atoms with E-state index in [4.69, 9.17) is 4.42 Å². The maximum Gasteiger partial charge on any atom is 0.290 e. The Bertz CT molecular complexity index is 515. The summed E-state index contributed by atoms with van der Waals surface area (Å²) in [6.07, 6.45) is 6.19. The molecule has 128 valence electrons. The third kappa shape index (κ3) is 4.26. The maximum absolute atomic E-state index is 12.6. The zero-order valence-electron chi connectivity index (χ0n) is 13.1. The third-order valence-electron chi connectivity index (χ3n) is 4.44. The molecule has 0 radical (unpaired) electrons. The van der Waals surface area contributed by atoms with Crippen LogP contribution in [0.4, 0.5) is 0 Å². The summed E-state index contributed by atoms with van der Waals surface area (Å²) in [6, 6.07) is 3.13. The van der Waals surface area contributed by atoms with Crippen molar-refractivity contribution in [2.24, 2.45) is 0 Å². The van der Waals surface area contributed by atoms with Gasteiger partial charge in [-0.2, -0.15) is 0 Å². The molecular formula is C16H24ClN3O3. The molecule has 2 amide bonds. The van der Waals surface area contributed by atoms with E-state index in [1.54, 1.807) is 17.0 Å². The minimum absolute atomic E-state index is 0. The van der Waals surface area contributed by atoms with Crippen molar-refractivity contribution in [1.82, 2.24) is 15.5 Å². The normalized spacial score (nSPS) is 24.6. The van der Waals surface area contributed by atoms with E-state index in [-0.39, 0.29) is 36.3 Å². The van der Waals surface area contributed by atoms with Gasteiger partial charge in [0.2, 0.25) is 5.91 Å². The second kappa shape index (κ2) is 8.36. The molecule has 3 rings (SSSR count). The van der Waals surface area contributed by atoms with Crippen molar-refractivity contribution in [3.8, 4) is 0 Å². The number of piperidine rings is 2. The van der Waals surface area contributed by atoms with E-state index in [1.165, 1.54) is 6.26 Å². The van der Waals surface area contributed by atoms with Gasteiger partial charge in [-0.15, -0.1) is 12.4 Å². The lowest BCUT2D eigenvalue weighted by Gasteiger charge is -2.35. The number of carbonyl (C=O) groups excluding carboxylic acids is 2. The lowest BCUT2D eigenvalue weighted by atomic mass is 9.99. The number of hydrogen-bond donors (Lipinski definition) is 2. The fourth-order valence-electron chi connectivity index (χ4n) is 3.26. The third-order valence-corrected chi connectivity index (χ3v) is 4.44. The molecule has 2 N–H and O–H groups in total. The average molecular weight is 342 g/mol.